The second kappa shape index (κ2) is 4.91. The Kier molecular flexibility index (Phi) is 3.51. The van der Waals surface area contributed by atoms with Gasteiger partial charge in [0.25, 0.3) is 5.91 Å². The minimum absolute atomic E-state index is 0.256. The van der Waals surface area contributed by atoms with Crippen molar-refractivity contribution in [3.05, 3.63) is 22.6 Å². The van der Waals surface area contributed by atoms with E-state index in [9.17, 15) is 9.59 Å². The van der Waals surface area contributed by atoms with Gasteiger partial charge in [-0.1, -0.05) is 0 Å². The van der Waals surface area contributed by atoms with Crippen LogP contribution in [0.1, 0.15) is 30.1 Å². The van der Waals surface area contributed by atoms with Gasteiger partial charge in [0.15, 0.2) is 10.8 Å². The maximum Gasteiger partial charge on any atom is 0.342 e. The Hall–Kier alpha value is -1.30. The molecule has 1 aromatic rings. The molecule has 1 amide bonds. The van der Waals surface area contributed by atoms with Gasteiger partial charge < -0.3 is 14.5 Å². The number of esters is 1. The molecule has 1 heterocycles. The van der Waals surface area contributed by atoms with Crippen LogP contribution in [0.4, 0.5) is 0 Å². The Labute approximate surface area is 107 Å². The number of ether oxygens (including phenoxy) is 1. The molecule has 1 aromatic heterocycles. The minimum atomic E-state index is -0.795. The van der Waals surface area contributed by atoms with Gasteiger partial charge in [-0.15, -0.1) is 0 Å². The van der Waals surface area contributed by atoms with E-state index in [1.807, 2.05) is 0 Å². The number of furan rings is 1. The van der Waals surface area contributed by atoms with Gasteiger partial charge in [-0.2, -0.15) is 0 Å². The fourth-order valence-electron chi connectivity index (χ4n) is 1.25. The van der Waals surface area contributed by atoms with Crippen LogP contribution < -0.4 is 5.32 Å². The summed E-state index contributed by atoms with van der Waals surface area (Å²) in [7, 11) is 0. The monoisotopic (exact) mass is 301 g/mol. The first-order valence-electron chi connectivity index (χ1n) is 5.31. The number of carbonyl (C=O) groups excluding carboxylic acids is 2. The molecule has 1 aliphatic rings. The number of halogens is 1. The standard InChI is InChI=1S/C11H12BrNO4/c1-6(10(14)13-8-2-3-8)17-11(15)7-4-9(12)16-5-7/h4-6,8H,2-3H2,1H3,(H,13,14). The third-order valence-electron chi connectivity index (χ3n) is 2.38. The first-order valence-corrected chi connectivity index (χ1v) is 6.11. The van der Waals surface area contributed by atoms with Crippen molar-refractivity contribution in [3.63, 3.8) is 0 Å². The van der Waals surface area contributed by atoms with E-state index in [0.717, 1.165) is 12.8 Å². The lowest BCUT2D eigenvalue weighted by atomic mass is 10.3. The third kappa shape index (κ3) is 3.33. The second-order valence-electron chi connectivity index (χ2n) is 3.97. The minimum Gasteiger partial charge on any atom is -0.457 e. The number of hydrogen-bond acceptors (Lipinski definition) is 4. The van der Waals surface area contributed by atoms with Crippen molar-refractivity contribution < 1.29 is 18.7 Å². The van der Waals surface area contributed by atoms with Crippen molar-refractivity contribution in [1.82, 2.24) is 5.32 Å². The highest BCUT2D eigenvalue weighted by atomic mass is 79.9. The lowest BCUT2D eigenvalue weighted by Crippen LogP contribution is -2.37. The highest BCUT2D eigenvalue weighted by Gasteiger charge is 2.27. The molecule has 17 heavy (non-hydrogen) atoms. The predicted octanol–water partition coefficient (Wildman–Crippen LogP) is 1.87. The quantitative estimate of drug-likeness (QED) is 0.862. The van der Waals surface area contributed by atoms with Crippen LogP contribution in [-0.2, 0) is 9.53 Å². The molecule has 0 radical (unpaired) electrons. The molecule has 1 atom stereocenters. The maximum absolute atomic E-state index is 11.6. The van der Waals surface area contributed by atoms with Crippen LogP contribution in [0.3, 0.4) is 0 Å². The van der Waals surface area contributed by atoms with Gasteiger partial charge in [0.2, 0.25) is 0 Å². The molecule has 1 saturated carbocycles. The SMILES string of the molecule is CC(OC(=O)c1coc(Br)c1)C(=O)NC1CC1. The predicted molar refractivity (Wildman–Crippen MR) is 62.5 cm³/mol. The van der Waals surface area contributed by atoms with Crippen LogP contribution >= 0.6 is 15.9 Å². The summed E-state index contributed by atoms with van der Waals surface area (Å²) in [6.45, 7) is 1.55. The average molecular weight is 302 g/mol. The summed E-state index contributed by atoms with van der Waals surface area (Å²) in [6, 6.07) is 1.75. The molecule has 1 fully saturated rings. The summed E-state index contributed by atoms with van der Waals surface area (Å²) in [6.07, 6.45) is 2.48. The molecule has 1 unspecified atom stereocenters. The second-order valence-corrected chi connectivity index (χ2v) is 4.75. The number of amides is 1. The zero-order chi connectivity index (χ0) is 12.4. The van der Waals surface area contributed by atoms with Crippen molar-refractivity contribution >= 4 is 27.8 Å². The first-order chi connectivity index (χ1) is 8.06. The molecule has 92 valence electrons. The number of rotatable bonds is 4. The molecular weight excluding hydrogens is 290 g/mol. The summed E-state index contributed by atoms with van der Waals surface area (Å²) >= 11 is 3.08. The van der Waals surface area contributed by atoms with Crippen LogP contribution in [0.5, 0.6) is 0 Å². The summed E-state index contributed by atoms with van der Waals surface area (Å²) < 4.78 is 10.4. The Morgan fingerprint density at radius 1 is 1.59 bits per heavy atom. The van der Waals surface area contributed by atoms with Gasteiger partial charge in [0.1, 0.15) is 6.26 Å². The normalized spacial score (nSPS) is 16.4. The lowest BCUT2D eigenvalue weighted by molar-refractivity contribution is -0.129. The van der Waals surface area contributed by atoms with E-state index in [0.29, 0.717) is 4.67 Å². The Balaban J connectivity index is 1.86. The van der Waals surface area contributed by atoms with Gasteiger partial charge in [0.05, 0.1) is 5.56 Å². The van der Waals surface area contributed by atoms with E-state index in [2.05, 4.69) is 21.2 Å². The first kappa shape index (κ1) is 12.2. The third-order valence-corrected chi connectivity index (χ3v) is 2.80. The highest BCUT2D eigenvalue weighted by Crippen LogP contribution is 2.19. The molecule has 5 nitrogen and oxygen atoms in total. The summed E-state index contributed by atoms with van der Waals surface area (Å²) in [5.74, 6) is -0.832. The van der Waals surface area contributed by atoms with Crippen molar-refractivity contribution in [2.24, 2.45) is 0 Å². The number of carbonyl (C=O) groups is 2. The number of nitrogens with one attached hydrogen (secondary N) is 1. The van der Waals surface area contributed by atoms with Gasteiger partial charge in [-0.3, -0.25) is 4.79 Å². The molecule has 1 aliphatic carbocycles. The summed E-state index contributed by atoms with van der Waals surface area (Å²) in [5, 5.41) is 2.77. The van der Waals surface area contributed by atoms with Crippen LogP contribution in [0.15, 0.2) is 21.4 Å². The van der Waals surface area contributed by atoms with Gasteiger partial charge in [0, 0.05) is 12.1 Å². The fraction of sp³-hybridized carbons (Fsp3) is 0.455. The van der Waals surface area contributed by atoms with Crippen LogP contribution in [0.2, 0.25) is 0 Å². The molecule has 2 rings (SSSR count). The van der Waals surface area contributed by atoms with E-state index in [1.54, 1.807) is 6.92 Å². The van der Waals surface area contributed by atoms with Crippen LogP contribution in [0.25, 0.3) is 0 Å². The van der Waals surface area contributed by atoms with E-state index < -0.39 is 12.1 Å². The Morgan fingerprint density at radius 2 is 2.29 bits per heavy atom. The van der Waals surface area contributed by atoms with Crippen LogP contribution in [0, 0.1) is 0 Å². The number of hydrogen-bond donors (Lipinski definition) is 1. The van der Waals surface area contributed by atoms with E-state index >= 15 is 0 Å². The van der Waals surface area contributed by atoms with Gasteiger partial charge >= 0.3 is 5.97 Å². The molecule has 0 saturated heterocycles. The smallest absolute Gasteiger partial charge is 0.342 e. The Morgan fingerprint density at radius 3 is 2.82 bits per heavy atom. The topological polar surface area (TPSA) is 68.5 Å². The lowest BCUT2D eigenvalue weighted by Gasteiger charge is -2.12. The van der Waals surface area contributed by atoms with Crippen LogP contribution in [-0.4, -0.2) is 24.0 Å². The fourth-order valence-corrected chi connectivity index (χ4v) is 1.59. The average Bonchev–Trinajstić information content (AvgIpc) is 2.97. The van der Waals surface area contributed by atoms with Crippen molar-refractivity contribution in [2.75, 3.05) is 0 Å². The largest absolute Gasteiger partial charge is 0.457 e. The molecular formula is C11H12BrNO4. The summed E-state index contributed by atoms with van der Waals surface area (Å²) in [4.78, 5) is 23.1. The molecule has 0 bridgehead atoms. The van der Waals surface area contributed by atoms with E-state index in [4.69, 9.17) is 9.15 Å². The molecule has 0 aliphatic heterocycles. The zero-order valence-corrected chi connectivity index (χ0v) is 10.8. The highest BCUT2D eigenvalue weighted by molar-refractivity contribution is 9.10. The molecule has 1 N–H and O–H groups in total. The van der Waals surface area contributed by atoms with Gasteiger partial charge in [-0.05, 0) is 35.7 Å². The summed E-state index contributed by atoms with van der Waals surface area (Å²) in [5.41, 5.74) is 0.281. The van der Waals surface area contributed by atoms with Crippen molar-refractivity contribution in [1.29, 1.82) is 0 Å². The van der Waals surface area contributed by atoms with E-state index in [-0.39, 0.29) is 17.5 Å². The van der Waals surface area contributed by atoms with Crippen molar-refractivity contribution in [2.45, 2.75) is 31.9 Å². The molecule has 0 aromatic carbocycles. The Bertz CT molecular complexity index is 438. The van der Waals surface area contributed by atoms with Gasteiger partial charge in [-0.25, -0.2) is 4.79 Å². The maximum atomic E-state index is 11.6. The van der Waals surface area contributed by atoms with Crippen molar-refractivity contribution in [3.8, 4) is 0 Å². The molecule has 0 spiro atoms. The van der Waals surface area contributed by atoms with E-state index in [1.165, 1.54) is 12.3 Å². The molecule has 6 heteroatoms. The zero-order valence-electron chi connectivity index (χ0n) is 9.23.